The Bertz CT molecular complexity index is 353. The molecule has 0 saturated heterocycles. The first-order valence-corrected chi connectivity index (χ1v) is 7.28. The number of benzene rings is 1. The predicted molar refractivity (Wildman–Crippen MR) is 92.8 cm³/mol. The first-order chi connectivity index (χ1) is 9.29. The molecule has 0 unspecified atom stereocenters. The second kappa shape index (κ2) is 9.58. The second-order valence-electron chi connectivity index (χ2n) is 5.50. The number of para-hydroxylation sites is 1. The van der Waals surface area contributed by atoms with Crippen LogP contribution in [0, 0.1) is 5.92 Å². The second-order valence-corrected chi connectivity index (χ2v) is 5.50. The van der Waals surface area contributed by atoms with Gasteiger partial charge in [0.2, 0.25) is 0 Å². The summed E-state index contributed by atoms with van der Waals surface area (Å²) < 4.78 is 5.73. The highest BCUT2D eigenvalue weighted by Crippen LogP contribution is 2.26. The summed E-state index contributed by atoms with van der Waals surface area (Å²) in [4.78, 5) is 2.40. The molecule has 20 heavy (non-hydrogen) atoms. The zero-order valence-corrected chi connectivity index (χ0v) is 14.5. The Morgan fingerprint density at radius 3 is 2.40 bits per heavy atom. The van der Waals surface area contributed by atoms with Gasteiger partial charge >= 0.3 is 0 Å². The highest BCUT2D eigenvalue weighted by atomic mass is 127. The SMILES string of the molecule is CN(CCOc1ccccc1)C1CCC(CO)CC1.I. The molecule has 1 aromatic rings. The van der Waals surface area contributed by atoms with Crippen LogP contribution in [0.2, 0.25) is 0 Å². The Hall–Kier alpha value is -0.330. The number of likely N-dealkylation sites (N-methyl/N-ethyl adjacent to an activating group) is 1. The minimum Gasteiger partial charge on any atom is -0.492 e. The van der Waals surface area contributed by atoms with Crippen molar-refractivity contribution in [1.82, 2.24) is 4.90 Å². The predicted octanol–water partition coefficient (Wildman–Crippen LogP) is 3.17. The summed E-state index contributed by atoms with van der Waals surface area (Å²) in [6, 6.07) is 10.6. The Morgan fingerprint density at radius 2 is 1.80 bits per heavy atom. The average molecular weight is 391 g/mol. The van der Waals surface area contributed by atoms with E-state index in [9.17, 15) is 0 Å². The molecule has 1 aliphatic carbocycles. The van der Waals surface area contributed by atoms with Gasteiger partial charge in [0.1, 0.15) is 12.4 Å². The summed E-state index contributed by atoms with van der Waals surface area (Å²) in [7, 11) is 2.18. The third kappa shape index (κ3) is 5.58. The number of hydrogen-bond donors (Lipinski definition) is 1. The van der Waals surface area contributed by atoms with Crippen molar-refractivity contribution in [1.29, 1.82) is 0 Å². The van der Waals surface area contributed by atoms with Gasteiger partial charge in [-0.3, -0.25) is 0 Å². The van der Waals surface area contributed by atoms with E-state index in [0.717, 1.165) is 31.7 Å². The molecule has 0 bridgehead atoms. The molecule has 1 N–H and O–H groups in total. The summed E-state index contributed by atoms with van der Waals surface area (Å²) >= 11 is 0. The van der Waals surface area contributed by atoms with Crippen LogP contribution in [0.1, 0.15) is 25.7 Å². The van der Waals surface area contributed by atoms with E-state index >= 15 is 0 Å². The summed E-state index contributed by atoms with van der Waals surface area (Å²) in [5.41, 5.74) is 0. The molecule has 0 heterocycles. The average Bonchev–Trinajstić information content (AvgIpc) is 2.48. The van der Waals surface area contributed by atoms with Crippen LogP contribution in [0.25, 0.3) is 0 Å². The fourth-order valence-corrected chi connectivity index (χ4v) is 2.77. The zero-order valence-electron chi connectivity index (χ0n) is 12.2. The van der Waals surface area contributed by atoms with Gasteiger partial charge in [0.15, 0.2) is 0 Å². The fourth-order valence-electron chi connectivity index (χ4n) is 2.77. The number of nitrogens with zero attached hydrogens (tertiary/aromatic N) is 1. The zero-order chi connectivity index (χ0) is 13.5. The number of hydrogen-bond acceptors (Lipinski definition) is 3. The molecule has 3 nitrogen and oxygen atoms in total. The van der Waals surface area contributed by atoms with Crippen LogP contribution in [0.5, 0.6) is 5.75 Å². The standard InChI is InChI=1S/C16H25NO2.HI/c1-17(15-9-7-14(13-18)8-10-15)11-12-19-16-5-3-2-4-6-16;/h2-6,14-15,18H,7-13H2,1H3;1H. The van der Waals surface area contributed by atoms with E-state index in [-0.39, 0.29) is 24.0 Å². The van der Waals surface area contributed by atoms with Crippen LogP contribution in [-0.2, 0) is 0 Å². The highest BCUT2D eigenvalue weighted by molar-refractivity contribution is 14.0. The van der Waals surface area contributed by atoms with E-state index in [0.29, 0.717) is 18.6 Å². The smallest absolute Gasteiger partial charge is 0.119 e. The first-order valence-electron chi connectivity index (χ1n) is 7.28. The van der Waals surface area contributed by atoms with Crippen molar-refractivity contribution >= 4 is 24.0 Å². The Balaban J connectivity index is 0.00000200. The molecule has 1 saturated carbocycles. The van der Waals surface area contributed by atoms with E-state index in [1.165, 1.54) is 12.8 Å². The van der Waals surface area contributed by atoms with Crippen molar-refractivity contribution in [2.24, 2.45) is 5.92 Å². The topological polar surface area (TPSA) is 32.7 Å². The van der Waals surface area contributed by atoms with Gasteiger partial charge in [0.25, 0.3) is 0 Å². The maximum Gasteiger partial charge on any atom is 0.119 e. The van der Waals surface area contributed by atoms with Crippen molar-refractivity contribution in [2.75, 3.05) is 26.8 Å². The van der Waals surface area contributed by atoms with Crippen molar-refractivity contribution in [3.05, 3.63) is 30.3 Å². The lowest BCUT2D eigenvalue weighted by molar-refractivity contribution is 0.116. The van der Waals surface area contributed by atoms with Gasteiger partial charge in [-0.1, -0.05) is 18.2 Å². The van der Waals surface area contributed by atoms with Gasteiger partial charge in [0.05, 0.1) is 0 Å². The third-order valence-corrected chi connectivity index (χ3v) is 4.15. The summed E-state index contributed by atoms with van der Waals surface area (Å²) in [5, 5.41) is 9.15. The van der Waals surface area contributed by atoms with Gasteiger partial charge in [-0.05, 0) is 50.8 Å². The van der Waals surface area contributed by atoms with E-state index in [1.54, 1.807) is 0 Å². The van der Waals surface area contributed by atoms with E-state index < -0.39 is 0 Å². The Kier molecular flexibility index (Phi) is 8.49. The van der Waals surface area contributed by atoms with Crippen LogP contribution in [-0.4, -0.2) is 42.9 Å². The minimum absolute atomic E-state index is 0. The van der Waals surface area contributed by atoms with Crippen LogP contribution in [0.15, 0.2) is 30.3 Å². The largest absolute Gasteiger partial charge is 0.492 e. The molecule has 0 aliphatic heterocycles. The van der Waals surface area contributed by atoms with Gasteiger partial charge in [-0.15, -0.1) is 24.0 Å². The summed E-state index contributed by atoms with van der Waals surface area (Å²) in [6.07, 6.45) is 4.72. The molecule has 1 fully saturated rings. The molecular weight excluding hydrogens is 365 g/mol. The van der Waals surface area contributed by atoms with Crippen LogP contribution in [0.4, 0.5) is 0 Å². The maximum absolute atomic E-state index is 9.15. The highest BCUT2D eigenvalue weighted by Gasteiger charge is 2.23. The van der Waals surface area contributed by atoms with Crippen molar-refractivity contribution in [3.63, 3.8) is 0 Å². The monoisotopic (exact) mass is 391 g/mol. The lowest BCUT2D eigenvalue weighted by Gasteiger charge is -2.34. The number of ether oxygens (including phenoxy) is 1. The molecule has 0 amide bonds. The third-order valence-electron chi connectivity index (χ3n) is 4.15. The van der Waals surface area contributed by atoms with E-state index in [1.807, 2.05) is 30.3 Å². The van der Waals surface area contributed by atoms with E-state index in [2.05, 4.69) is 11.9 Å². The lowest BCUT2D eigenvalue weighted by atomic mass is 9.86. The molecule has 0 aromatic heterocycles. The molecule has 2 rings (SSSR count). The number of halogens is 1. The fraction of sp³-hybridized carbons (Fsp3) is 0.625. The van der Waals surface area contributed by atoms with E-state index in [4.69, 9.17) is 9.84 Å². The normalized spacial score (nSPS) is 22.4. The summed E-state index contributed by atoms with van der Waals surface area (Å²) in [5.74, 6) is 1.48. The summed E-state index contributed by atoms with van der Waals surface area (Å²) in [6.45, 7) is 2.05. The molecule has 0 radical (unpaired) electrons. The van der Waals surface area contributed by atoms with Gasteiger partial charge in [0, 0.05) is 19.2 Å². The molecule has 4 heteroatoms. The number of rotatable bonds is 6. The molecular formula is C16H26INO2. The van der Waals surface area contributed by atoms with Crippen molar-refractivity contribution < 1.29 is 9.84 Å². The molecule has 114 valence electrons. The number of aliphatic hydroxyl groups excluding tert-OH is 1. The van der Waals surface area contributed by atoms with Crippen molar-refractivity contribution in [2.45, 2.75) is 31.7 Å². The van der Waals surface area contributed by atoms with Crippen molar-refractivity contribution in [3.8, 4) is 5.75 Å². The minimum atomic E-state index is 0. The molecule has 1 aromatic carbocycles. The van der Waals surface area contributed by atoms with Gasteiger partial charge < -0.3 is 14.7 Å². The van der Waals surface area contributed by atoms with Crippen LogP contribution in [0.3, 0.4) is 0 Å². The number of aliphatic hydroxyl groups is 1. The molecule has 0 atom stereocenters. The lowest BCUT2D eigenvalue weighted by Crippen LogP contribution is -2.38. The molecule has 1 aliphatic rings. The van der Waals surface area contributed by atoms with Crippen LogP contribution >= 0.6 is 24.0 Å². The Labute approximate surface area is 139 Å². The van der Waals surface area contributed by atoms with Crippen LogP contribution < -0.4 is 4.74 Å². The molecule has 0 spiro atoms. The van der Waals surface area contributed by atoms with Gasteiger partial charge in [-0.2, -0.15) is 0 Å². The Morgan fingerprint density at radius 1 is 1.15 bits per heavy atom. The quantitative estimate of drug-likeness (QED) is 0.757. The first kappa shape index (κ1) is 17.7. The van der Waals surface area contributed by atoms with Gasteiger partial charge in [-0.25, -0.2) is 0 Å². The maximum atomic E-state index is 9.15.